The van der Waals surface area contributed by atoms with Gasteiger partial charge in [0.15, 0.2) is 5.82 Å². The van der Waals surface area contributed by atoms with Crippen molar-refractivity contribution in [3.63, 3.8) is 0 Å². The number of benzene rings is 1. The van der Waals surface area contributed by atoms with Crippen molar-refractivity contribution in [1.29, 1.82) is 0 Å². The average molecular weight is 325 g/mol. The molecular weight excluding hydrogens is 306 g/mol. The third-order valence-electron chi connectivity index (χ3n) is 4.42. The van der Waals surface area contributed by atoms with E-state index >= 15 is 0 Å². The number of nitrogens with one attached hydrogen (secondary N) is 2. The second-order valence-corrected chi connectivity index (χ2v) is 6.15. The van der Waals surface area contributed by atoms with E-state index in [1.54, 1.807) is 13.0 Å². The first-order valence-electron chi connectivity index (χ1n) is 8.13. The fraction of sp³-hybridized carbons (Fsp3) is 0.353. The summed E-state index contributed by atoms with van der Waals surface area (Å²) in [6.07, 6.45) is 1.58. The summed E-state index contributed by atoms with van der Waals surface area (Å²) in [5.74, 6) is 2.04. The van der Waals surface area contributed by atoms with Gasteiger partial charge in [-0.05, 0) is 31.9 Å². The highest BCUT2D eigenvalue weighted by molar-refractivity contribution is 5.91. The molecule has 0 atom stereocenters. The SMILES string of the molecule is Cc1cc(NC(=O)C2CCN(c3nc4ccccc4[nH]3)CC2)no1. The largest absolute Gasteiger partial charge is 0.360 e. The van der Waals surface area contributed by atoms with Gasteiger partial charge in [-0.3, -0.25) is 4.79 Å². The molecule has 1 aromatic carbocycles. The van der Waals surface area contributed by atoms with E-state index in [-0.39, 0.29) is 11.8 Å². The van der Waals surface area contributed by atoms with Gasteiger partial charge in [0.25, 0.3) is 0 Å². The molecule has 1 fully saturated rings. The molecule has 24 heavy (non-hydrogen) atoms. The molecule has 0 saturated carbocycles. The van der Waals surface area contributed by atoms with Crippen molar-refractivity contribution < 1.29 is 9.32 Å². The van der Waals surface area contributed by atoms with Crippen LogP contribution in [0.1, 0.15) is 18.6 Å². The second-order valence-electron chi connectivity index (χ2n) is 6.15. The minimum absolute atomic E-state index is 0.00700. The molecule has 1 aliphatic rings. The lowest BCUT2D eigenvalue weighted by atomic mass is 9.96. The lowest BCUT2D eigenvalue weighted by molar-refractivity contribution is -0.120. The van der Waals surface area contributed by atoms with Gasteiger partial charge in [-0.1, -0.05) is 17.3 Å². The van der Waals surface area contributed by atoms with Crippen molar-refractivity contribution >= 4 is 28.7 Å². The maximum atomic E-state index is 12.3. The zero-order valence-corrected chi connectivity index (χ0v) is 13.5. The summed E-state index contributed by atoms with van der Waals surface area (Å²) < 4.78 is 4.97. The Balaban J connectivity index is 1.38. The number of carbonyl (C=O) groups excluding carboxylic acids is 1. The van der Waals surface area contributed by atoms with Crippen LogP contribution in [0.15, 0.2) is 34.9 Å². The van der Waals surface area contributed by atoms with Crippen molar-refractivity contribution in [2.24, 2.45) is 5.92 Å². The lowest BCUT2D eigenvalue weighted by Gasteiger charge is -2.30. The van der Waals surface area contributed by atoms with Gasteiger partial charge < -0.3 is 19.7 Å². The highest BCUT2D eigenvalue weighted by atomic mass is 16.5. The Morgan fingerprint density at radius 1 is 1.33 bits per heavy atom. The monoisotopic (exact) mass is 325 g/mol. The van der Waals surface area contributed by atoms with E-state index in [0.29, 0.717) is 11.6 Å². The molecule has 0 bridgehead atoms. The van der Waals surface area contributed by atoms with Gasteiger partial charge in [0.2, 0.25) is 11.9 Å². The maximum Gasteiger partial charge on any atom is 0.228 e. The molecule has 0 unspecified atom stereocenters. The maximum absolute atomic E-state index is 12.3. The molecular formula is C17H19N5O2. The Bertz CT molecular complexity index is 828. The first kappa shape index (κ1) is 14.7. The number of hydrogen-bond acceptors (Lipinski definition) is 5. The summed E-state index contributed by atoms with van der Waals surface area (Å²) in [5.41, 5.74) is 2.00. The van der Waals surface area contributed by atoms with Crippen LogP contribution >= 0.6 is 0 Å². The smallest absolute Gasteiger partial charge is 0.228 e. The van der Waals surface area contributed by atoms with Gasteiger partial charge in [-0.2, -0.15) is 0 Å². The van der Waals surface area contributed by atoms with E-state index < -0.39 is 0 Å². The van der Waals surface area contributed by atoms with Gasteiger partial charge in [-0.15, -0.1) is 0 Å². The number of rotatable bonds is 3. The normalized spacial score (nSPS) is 15.8. The Labute approximate surface area is 139 Å². The predicted octanol–water partition coefficient (Wildman–Crippen LogP) is 2.71. The average Bonchev–Trinajstić information content (AvgIpc) is 3.21. The Morgan fingerprint density at radius 2 is 2.12 bits per heavy atom. The van der Waals surface area contributed by atoms with Crippen LogP contribution in [0.5, 0.6) is 0 Å². The molecule has 0 spiro atoms. The molecule has 0 aliphatic carbocycles. The molecule has 1 amide bonds. The van der Waals surface area contributed by atoms with Gasteiger partial charge in [0, 0.05) is 25.1 Å². The van der Waals surface area contributed by atoms with Crippen LogP contribution < -0.4 is 10.2 Å². The van der Waals surface area contributed by atoms with Crippen molar-refractivity contribution in [2.45, 2.75) is 19.8 Å². The highest BCUT2D eigenvalue weighted by Gasteiger charge is 2.26. The fourth-order valence-electron chi connectivity index (χ4n) is 3.10. The number of carbonyl (C=O) groups is 1. The van der Waals surface area contributed by atoms with Crippen LogP contribution in [0.25, 0.3) is 11.0 Å². The van der Waals surface area contributed by atoms with Crippen molar-refractivity contribution in [1.82, 2.24) is 15.1 Å². The topological polar surface area (TPSA) is 87.0 Å². The molecule has 3 aromatic rings. The Morgan fingerprint density at radius 3 is 2.83 bits per heavy atom. The summed E-state index contributed by atoms with van der Waals surface area (Å²) >= 11 is 0. The van der Waals surface area contributed by atoms with Crippen LogP contribution in [0.2, 0.25) is 0 Å². The van der Waals surface area contributed by atoms with Crippen molar-refractivity contribution in [3.8, 4) is 0 Å². The molecule has 1 aliphatic heterocycles. The standard InChI is InChI=1S/C17H19N5O2/c1-11-10-15(21-24-11)20-16(23)12-6-8-22(9-7-12)17-18-13-4-2-3-5-14(13)19-17/h2-5,10,12H,6-9H2,1H3,(H,18,19)(H,20,21,23). The van der Waals surface area contributed by atoms with E-state index in [4.69, 9.17) is 4.52 Å². The van der Waals surface area contributed by atoms with Crippen molar-refractivity contribution in [2.75, 3.05) is 23.3 Å². The summed E-state index contributed by atoms with van der Waals surface area (Å²) in [6, 6.07) is 9.71. The lowest BCUT2D eigenvalue weighted by Crippen LogP contribution is -2.38. The first-order chi connectivity index (χ1) is 11.7. The third-order valence-corrected chi connectivity index (χ3v) is 4.42. The van der Waals surface area contributed by atoms with Crippen LogP contribution in [0.4, 0.5) is 11.8 Å². The van der Waals surface area contributed by atoms with E-state index in [2.05, 4.69) is 25.3 Å². The van der Waals surface area contributed by atoms with E-state index in [0.717, 1.165) is 42.9 Å². The second kappa shape index (κ2) is 5.99. The Kier molecular flexibility index (Phi) is 3.68. The number of imidazole rings is 1. The molecule has 7 heteroatoms. The number of hydrogen-bond donors (Lipinski definition) is 2. The number of fused-ring (bicyclic) bond motifs is 1. The van der Waals surface area contributed by atoms with Crippen LogP contribution in [0.3, 0.4) is 0 Å². The molecule has 3 heterocycles. The summed E-state index contributed by atoms with van der Waals surface area (Å²) in [4.78, 5) is 22.5. The number of piperidine rings is 1. The minimum Gasteiger partial charge on any atom is -0.360 e. The molecule has 4 rings (SSSR count). The molecule has 2 aromatic heterocycles. The number of aromatic nitrogens is 3. The van der Waals surface area contributed by atoms with E-state index in [1.807, 2.05) is 24.3 Å². The van der Waals surface area contributed by atoms with E-state index in [1.165, 1.54) is 0 Å². The number of amides is 1. The molecule has 2 N–H and O–H groups in total. The van der Waals surface area contributed by atoms with Crippen molar-refractivity contribution in [3.05, 3.63) is 36.1 Å². The zero-order chi connectivity index (χ0) is 16.5. The minimum atomic E-state index is -0.0114. The number of nitrogens with zero attached hydrogens (tertiary/aromatic N) is 3. The fourth-order valence-corrected chi connectivity index (χ4v) is 3.10. The van der Waals surface area contributed by atoms with Crippen LogP contribution in [-0.4, -0.2) is 34.1 Å². The summed E-state index contributed by atoms with van der Waals surface area (Å²) in [7, 11) is 0. The molecule has 1 saturated heterocycles. The molecule has 124 valence electrons. The Hall–Kier alpha value is -2.83. The summed E-state index contributed by atoms with van der Waals surface area (Å²) in [5, 5.41) is 6.63. The van der Waals surface area contributed by atoms with E-state index in [9.17, 15) is 4.79 Å². The van der Waals surface area contributed by atoms with Gasteiger partial charge >= 0.3 is 0 Å². The number of aryl methyl sites for hydroxylation is 1. The summed E-state index contributed by atoms with van der Waals surface area (Å²) in [6.45, 7) is 3.40. The number of para-hydroxylation sites is 2. The first-order valence-corrected chi connectivity index (χ1v) is 8.13. The number of aromatic amines is 1. The highest BCUT2D eigenvalue weighted by Crippen LogP contribution is 2.24. The number of H-pyrrole nitrogens is 1. The molecule has 0 radical (unpaired) electrons. The van der Waals surface area contributed by atoms with Crippen LogP contribution in [0, 0.1) is 12.8 Å². The van der Waals surface area contributed by atoms with Gasteiger partial charge in [0.1, 0.15) is 5.76 Å². The van der Waals surface area contributed by atoms with Gasteiger partial charge in [0.05, 0.1) is 11.0 Å². The van der Waals surface area contributed by atoms with Crippen LogP contribution in [-0.2, 0) is 4.79 Å². The molecule has 7 nitrogen and oxygen atoms in total. The van der Waals surface area contributed by atoms with Gasteiger partial charge in [-0.25, -0.2) is 4.98 Å². The quantitative estimate of drug-likeness (QED) is 0.773. The zero-order valence-electron chi connectivity index (χ0n) is 13.5. The predicted molar refractivity (Wildman–Crippen MR) is 90.9 cm³/mol. The number of anilines is 2. The third kappa shape index (κ3) is 2.84.